The number of hydrogen-bond donors (Lipinski definition) is 0. The molecular formula is C14H17BrN6O2. The Hall–Kier alpha value is -2.16. The molecule has 2 aromatic heterocycles. The molecule has 0 unspecified atom stereocenters. The van der Waals surface area contributed by atoms with Crippen molar-refractivity contribution in [2.24, 2.45) is 0 Å². The van der Waals surface area contributed by atoms with Crippen LogP contribution in [-0.4, -0.2) is 60.3 Å². The van der Waals surface area contributed by atoms with E-state index in [-0.39, 0.29) is 0 Å². The van der Waals surface area contributed by atoms with Crippen molar-refractivity contribution < 1.29 is 9.47 Å². The lowest BCUT2D eigenvalue weighted by molar-refractivity contribution is 0.393. The third kappa shape index (κ3) is 3.44. The lowest BCUT2D eigenvalue weighted by atomic mass is 10.3. The largest absolute Gasteiger partial charge is 0.494 e. The van der Waals surface area contributed by atoms with Gasteiger partial charge in [-0.1, -0.05) is 0 Å². The highest BCUT2D eigenvalue weighted by Crippen LogP contribution is 2.24. The summed E-state index contributed by atoms with van der Waals surface area (Å²) in [6.45, 7) is 3.18. The Balaban J connectivity index is 1.65. The van der Waals surface area contributed by atoms with E-state index in [2.05, 4.69) is 45.7 Å². The average Bonchev–Trinajstić information content (AvgIpc) is 2.62. The molecule has 0 amide bonds. The van der Waals surface area contributed by atoms with Crippen molar-refractivity contribution in [1.82, 2.24) is 19.9 Å². The van der Waals surface area contributed by atoms with Gasteiger partial charge in [0.1, 0.15) is 0 Å². The highest BCUT2D eigenvalue weighted by Gasteiger charge is 2.21. The maximum absolute atomic E-state index is 5.22. The summed E-state index contributed by atoms with van der Waals surface area (Å²) in [7, 11) is 3.19. The predicted molar refractivity (Wildman–Crippen MR) is 89.3 cm³/mol. The third-order valence-electron chi connectivity index (χ3n) is 3.59. The molecular weight excluding hydrogens is 364 g/mol. The molecule has 122 valence electrons. The van der Waals surface area contributed by atoms with E-state index in [9.17, 15) is 0 Å². The van der Waals surface area contributed by atoms with E-state index < -0.39 is 0 Å². The van der Waals surface area contributed by atoms with Crippen molar-refractivity contribution in [1.29, 1.82) is 0 Å². The number of anilines is 2. The number of methoxy groups -OCH3 is 2. The monoisotopic (exact) mass is 380 g/mol. The van der Waals surface area contributed by atoms with Crippen LogP contribution in [0.4, 0.5) is 11.9 Å². The molecule has 1 aliphatic rings. The fraction of sp³-hybridized carbons (Fsp3) is 0.429. The van der Waals surface area contributed by atoms with Gasteiger partial charge in [0.25, 0.3) is 0 Å². The maximum atomic E-state index is 5.22. The first kappa shape index (κ1) is 15.7. The summed E-state index contributed by atoms with van der Waals surface area (Å²) in [5, 5.41) is 0. The molecule has 0 radical (unpaired) electrons. The van der Waals surface area contributed by atoms with Crippen molar-refractivity contribution in [3.63, 3.8) is 0 Å². The van der Waals surface area contributed by atoms with E-state index in [1.165, 1.54) is 0 Å². The number of halogens is 1. The molecule has 0 N–H and O–H groups in total. The molecule has 1 fully saturated rings. The highest BCUT2D eigenvalue weighted by atomic mass is 79.9. The van der Waals surface area contributed by atoms with Crippen LogP contribution in [0.2, 0.25) is 0 Å². The fourth-order valence-corrected chi connectivity index (χ4v) is 2.68. The standard InChI is InChI=1S/C14H17BrN6O2/c1-22-10-7-16-13(17-8-10)20-3-5-21(6-4-20)14-18-9-11(15)12(19-14)23-2/h7-9H,3-6H2,1-2H3. The minimum absolute atomic E-state index is 0.538. The summed E-state index contributed by atoms with van der Waals surface area (Å²) >= 11 is 3.36. The van der Waals surface area contributed by atoms with Gasteiger partial charge in [0, 0.05) is 26.2 Å². The van der Waals surface area contributed by atoms with Gasteiger partial charge in [-0.05, 0) is 15.9 Å². The van der Waals surface area contributed by atoms with E-state index in [1.54, 1.807) is 32.8 Å². The Morgan fingerprint density at radius 2 is 1.43 bits per heavy atom. The molecule has 0 aliphatic carbocycles. The molecule has 8 nitrogen and oxygen atoms in total. The number of rotatable bonds is 4. The van der Waals surface area contributed by atoms with Crippen LogP contribution in [0.3, 0.4) is 0 Å². The van der Waals surface area contributed by atoms with Crippen LogP contribution < -0.4 is 19.3 Å². The van der Waals surface area contributed by atoms with Gasteiger partial charge < -0.3 is 19.3 Å². The first-order valence-corrected chi connectivity index (χ1v) is 7.93. The van der Waals surface area contributed by atoms with E-state index >= 15 is 0 Å². The first-order chi connectivity index (χ1) is 11.2. The van der Waals surface area contributed by atoms with Crippen molar-refractivity contribution in [3.8, 4) is 11.6 Å². The normalized spacial score (nSPS) is 14.7. The number of ether oxygens (including phenoxy) is 2. The summed E-state index contributed by atoms with van der Waals surface area (Å²) in [5.41, 5.74) is 0. The van der Waals surface area contributed by atoms with Crippen LogP contribution >= 0.6 is 15.9 Å². The SMILES string of the molecule is COc1cnc(N2CCN(c3ncc(Br)c(OC)n3)CC2)nc1. The lowest BCUT2D eigenvalue weighted by Gasteiger charge is -2.34. The van der Waals surface area contributed by atoms with Crippen LogP contribution in [0.1, 0.15) is 0 Å². The molecule has 0 atom stereocenters. The smallest absolute Gasteiger partial charge is 0.232 e. The van der Waals surface area contributed by atoms with E-state index in [1.807, 2.05) is 0 Å². The van der Waals surface area contributed by atoms with Crippen LogP contribution in [0.25, 0.3) is 0 Å². The second kappa shape index (κ2) is 6.95. The van der Waals surface area contributed by atoms with Crippen LogP contribution in [0.15, 0.2) is 23.1 Å². The quantitative estimate of drug-likeness (QED) is 0.786. The van der Waals surface area contributed by atoms with Crippen LogP contribution in [0.5, 0.6) is 11.6 Å². The summed E-state index contributed by atoms with van der Waals surface area (Å²) < 4.78 is 11.0. The molecule has 3 heterocycles. The predicted octanol–water partition coefficient (Wildman–Crippen LogP) is 1.37. The van der Waals surface area contributed by atoms with Gasteiger partial charge in [0.2, 0.25) is 17.8 Å². The summed E-state index contributed by atoms with van der Waals surface area (Å²) in [5.74, 6) is 2.57. The molecule has 3 rings (SSSR count). The summed E-state index contributed by atoms with van der Waals surface area (Å²) in [6.07, 6.45) is 5.06. The van der Waals surface area contributed by atoms with Gasteiger partial charge in [-0.2, -0.15) is 4.98 Å². The maximum Gasteiger partial charge on any atom is 0.232 e. The van der Waals surface area contributed by atoms with Gasteiger partial charge >= 0.3 is 0 Å². The zero-order valence-corrected chi connectivity index (χ0v) is 14.5. The minimum Gasteiger partial charge on any atom is -0.494 e. The molecule has 0 saturated carbocycles. The zero-order chi connectivity index (χ0) is 16.2. The van der Waals surface area contributed by atoms with Crippen LogP contribution in [-0.2, 0) is 0 Å². The molecule has 1 aliphatic heterocycles. The lowest BCUT2D eigenvalue weighted by Crippen LogP contribution is -2.47. The number of hydrogen-bond acceptors (Lipinski definition) is 8. The van der Waals surface area contributed by atoms with Gasteiger partial charge in [0.05, 0.1) is 37.3 Å². The zero-order valence-electron chi connectivity index (χ0n) is 12.9. The van der Waals surface area contributed by atoms with Crippen molar-refractivity contribution in [2.45, 2.75) is 0 Å². The first-order valence-electron chi connectivity index (χ1n) is 7.13. The Morgan fingerprint density at radius 1 is 0.870 bits per heavy atom. The second-order valence-electron chi connectivity index (χ2n) is 4.92. The molecule has 23 heavy (non-hydrogen) atoms. The van der Waals surface area contributed by atoms with Gasteiger partial charge in [-0.15, -0.1) is 0 Å². The number of nitrogens with zero attached hydrogens (tertiary/aromatic N) is 6. The molecule has 0 aromatic carbocycles. The Labute approximate surface area is 142 Å². The second-order valence-corrected chi connectivity index (χ2v) is 5.78. The molecule has 2 aromatic rings. The highest BCUT2D eigenvalue weighted by molar-refractivity contribution is 9.10. The molecule has 0 spiro atoms. The fourth-order valence-electron chi connectivity index (χ4n) is 2.32. The topological polar surface area (TPSA) is 76.5 Å². The Bertz CT molecular complexity index is 661. The molecule has 0 bridgehead atoms. The van der Waals surface area contributed by atoms with E-state index in [4.69, 9.17) is 9.47 Å². The van der Waals surface area contributed by atoms with Gasteiger partial charge in [-0.25, -0.2) is 15.0 Å². The summed E-state index contributed by atoms with van der Waals surface area (Å²) in [6, 6.07) is 0. The third-order valence-corrected chi connectivity index (χ3v) is 4.13. The number of piperazine rings is 1. The Kier molecular flexibility index (Phi) is 4.75. The van der Waals surface area contributed by atoms with Crippen molar-refractivity contribution in [2.75, 3.05) is 50.2 Å². The van der Waals surface area contributed by atoms with E-state index in [0.717, 1.165) is 30.7 Å². The molecule has 9 heteroatoms. The van der Waals surface area contributed by atoms with Crippen molar-refractivity contribution in [3.05, 3.63) is 23.1 Å². The minimum atomic E-state index is 0.538. The van der Waals surface area contributed by atoms with Gasteiger partial charge in [0.15, 0.2) is 5.75 Å². The van der Waals surface area contributed by atoms with Gasteiger partial charge in [-0.3, -0.25) is 0 Å². The van der Waals surface area contributed by atoms with Crippen LogP contribution in [0, 0.1) is 0 Å². The van der Waals surface area contributed by atoms with E-state index in [0.29, 0.717) is 23.5 Å². The average molecular weight is 381 g/mol. The Morgan fingerprint density at radius 3 is 2.00 bits per heavy atom. The van der Waals surface area contributed by atoms with Crippen molar-refractivity contribution >= 4 is 27.8 Å². The molecule has 1 saturated heterocycles. The number of aromatic nitrogens is 4. The summed E-state index contributed by atoms with van der Waals surface area (Å²) in [4.78, 5) is 21.7.